The number of hydrogen-bond acceptors (Lipinski definition) is 2. The number of nitrogens with zero attached hydrogens (tertiary/aromatic N) is 1. The minimum Gasteiger partial charge on any atom is -0.367 e. The van der Waals surface area contributed by atoms with Gasteiger partial charge >= 0.3 is 6.18 Å². The Kier molecular flexibility index (Phi) is 2.95. The van der Waals surface area contributed by atoms with E-state index in [-0.39, 0.29) is 5.56 Å². The lowest BCUT2D eigenvalue weighted by atomic mass is 10.1. The topological polar surface area (TPSA) is 33.3 Å². The Morgan fingerprint density at radius 3 is 2.21 bits per heavy atom. The molecule has 14 heavy (non-hydrogen) atoms. The third kappa shape index (κ3) is 2.35. The molecular weight excluding hydrogens is 199 g/mol. The summed E-state index contributed by atoms with van der Waals surface area (Å²) in [6.45, 7) is 0. The first-order chi connectivity index (χ1) is 6.45. The van der Waals surface area contributed by atoms with E-state index >= 15 is 0 Å². The molecule has 0 spiro atoms. The fourth-order valence-electron chi connectivity index (χ4n) is 1.06. The second-order valence-electron chi connectivity index (χ2n) is 2.67. The Balaban J connectivity index is 2.96. The van der Waals surface area contributed by atoms with Crippen LogP contribution in [0.2, 0.25) is 0 Å². The van der Waals surface area contributed by atoms with Crippen LogP contribution in [0.3, 0.4) is 0 Å². The van der Waals surface area contributed by atoms with E-state index < -0.39 is 12.3 Å². The molecule has 0 saturated carbocycles. The van der Waals surface area contributed by atoms with Gasteiger partial charge in [-0.05, 0) is 0 Å². The summed E-state index contributed by atoms with van der Waals surface area (Å²) in [5.74, 6) is 0. The molecule has 3 nitrogen and oxygen atoms in total. The zero-order valence-electron chi connectivity index (χ0n) is 7.32. The van der Waals surface area contributed by atoms with Crippen molar-refractivity contribution in [1.82, 2.24) is 0 Å². The Hall–Kier alpha value is -1.30. The molecule has 6 heteroatoms. The quantitative estimate of drug-likeness (QED) is 0.589. The Labute approximate surface area is 78.3 Å². The van der Waals surface area contributed by atoms with Crippen molar-refractivity contribution in [3.05, 3.63) is 30.1 Å². The Morgan fingerprint density at radius 1 is 1.36 bits per heavy atom. The lowest BCUT2D eigenvalue weighted by molar-refractivity contribution is -0.904. The van der Waals surface area contributed by atoms with Gasteiger partial charge in [0.25, 0.3) is 0 Å². The van der Waals surface area contributed by atoms with Gasteiger partial charge in [-0.3, -0.25) is 5.21 Å². The van der Waals surface area contributed by atoms with Gasteiger partial charge in [0.2, 0.25) is 12.4 Å². The standard InChI is InChI=1S/C8H9F3NO2/c1-14-7(8(9,10)11)6-2-4-12(13)5-3-6/h2-5,7,13H,1H3/q+1. The van der Waals surface area contributed by atoms with E-state index in [9.17, 15) is 13.2 Å². The average molecular weight is 208 g/mol. The average Bonchev–Trinajstić information content (AvgIpc) is 2.07. The van der Waals surface area contributed by atoms with Gasteiger partial charge in [-0.1, -0.05) is 0 Å². The molecule has 0 radical (unpaired) electrons. The number of hydrogen-bond donors (Lipinski definition) is 1. The van der Waals surface area contributed by atoms with Crippen molar-refractivity contribution in [1.29, 1.82) is 0 Å². The molecule has 0 fully saturated rings. The number of aromatic nitrogens is 1. The van der Waals surface area contributed by atoms with Gasteiger partial charge in [-0.25, -0.2) is 0 Å². The highest BCUT2D eigenvalue weighted by atomic mass is 19.4. The van der Waals surface area contributed by atoms with Crippen LogP contribution >= 0.6 is 0 Å². The summed E-state index contributed by atoms with van der Waals surface area (Å²) >= 11 is 0. The molecule has 1 heterocycles. The number of methoxy groups -OCH3 is 1. The SMILES string of the molecule is COC(c1cc[n+](O)cc1)C(F)(F)F. The highest BCUT2D eigenvalue weighted by molar-refractivity contribution is 5.13. The minimum atomic E-state index is -4.45. The van der Waals surface area contributed by atoms with Crippen LogP contribution in [0.1, 0.15) is 11.7 Å². The van der Waals surface area contributed by atoms with Crippen LogP contribution in [0.25, 0.3) is 0 Å². The van der Waals surface area contributed by atoms with Crippen molar-refractivity contribution >= 4 is 0 Å². The number of pyridine rings is 1. The van der Waals surface area contributed by atoms with Crippen LogP contribution in [0.15, 0.2) is 24.5 Å². The van der Waals surface area contributed by atoms with Crippen LogP contribution in [0, 0.1) is 0 Å². The molecule has 1 rings (SSSR count). The zero-order chi connectivity index (χ0) is 10.8. The number of halogens is 3. The Bertz CT molecular complexity index is 296. The molecule has 0 amide bonds. The van der Waals surface area contributed by atoms with E-state index in [0.29, 0.717) is 4.73 Å². The van der Waals surface area contributed by atoms with E-state index in [2.05, 4.69) is 4.74 Å². The van der Waals surface area contributed by atoms with Crippen LogP contribution in [-0.2, 0) is 4.74 Å². The summed E-state index contributed by atoms with van der Waals surface area (Å²) in [4.78, 5) is 0. The van der Waals surface area contributed by atoms with Crippen molar-refractivity contribution in [3.8, 4) is 0 Å². The zero-order valence-corrected chi connectivity index (χ0v) is 7.32. The smallest absolute Gasteiger partial charge is 0.367 e. The molecule has 0 aromatic carbocycles. The predicted octanol–water partition coefficient (Wildman–Crippen LogP) is 1.46. The first-order valence-corrected chi connectivity index (χ1v) is 3.75. The molecule has 1 N–H and O–H groups in total. The molecule has 0 aliphatic heterocycles. The minimum absolute atomic E-state index is 0.0506. The maximum absolute atomic E-state index is 12.3. The number of ether oxygens (including phenoxy) is 1. The predicted molar refractivity (Wildman–Crippen MR) is 39.6 cm³/mol. The third-order valence-corrected chi connectivity index (χ3v) is 1.68. The van der Waals surface area contributed by atoms with Gasteiger partial charge in [0.05, 0.1) is 0 Å². The van der Waals surface area contributed by atoms with Gasteiger partial charge in [0, 0.05) is 29.5 Å². The number of alkyl halides is 3. The van der Waals surface area contributed by atoms with E-state index in [1.165, 1.54) is 0 Å². The van der Waals surface area contributed by atoms with Crippen molar-refractivity contribution in [3.63, 3.8) is 0 Å². The molecule has 0 bridgehead atoms. The second-order valence-corrected chi connectivity index (χ2v) is 2.67. The van der Waals surface area contributed by atoms with E-state index in [4.69, 9.17) is 5.21 Å². The molecule has 1 unspecified atom stereocenters. The van der Waals surface area contributed by atoms with Crippen molar-refractivity contribution in [2.24, 2.45) is 0 Å². The largest absolute Gasteiger partial charge is 0.418 e. The van der Waals surface area contributed by atoms with Gasteiger partial charge in [-0.15, -0.1) is 0 Å². The molecule has 1 aromatic rings. The Morgan fingerprint density at radius 2 is 1.86 bits per heavy atom. The van der Waals surface area contributed by atoms with E-state index in [0.717, 1.165) is 31.6 Å². The number of rotatable bonds is 2. The van der Waals surface area contributed by atoms with E-state index in [1.807, 2.05) is 0 Å². The second kappa shape index (κ2) is 3.83. The summed E-state index contributed by atoms with van der Waals surface area (Å²) in [5, 5.41) is 8.81. The summed E-state index contributed by atoms with van der Waals surface area (Å²) in [6, 6.07) is 2.28. The van der Waals surface area contributed by atoms with Gasteiger partial charge in [-0.2, -0.15) is 13.2 Å². The van der Waals surface area contributed by atoms with Crippen molar-refractivity contribution in [2.45, 2.75) is 12.3 Å². The first kappa shape index (κ1) is 10.8. The molecular formula is C8H9F3NO2+. The maximum Gasteiger partial charge on any atom is 0.418 e. The molecule has 0 saturated heterocycles. The highest BCUT2D eigenvalue weighted by Crippen LogP contribution is 2.34. The monoisotopic (exact) mass is 208 g/mol. The summed E-state index contributed by atoms with van der Waals surface area (Å²) in [5.41, 5.74) is -0.0506. The normalized spacial score (nSPS) is 14.0. The lowest BCUT2D eigenvalue weighted by Gasteiger charge is -2.17. The molecule has 0 aliphatic rings. The molecule has 0 aliphatic carbocycles. The molecule has 1 atom stereocenters. The molecule has 78 valence electrons. The van der Waals surface area contributed by atoms with Gasteiger partial charge < -0.3 is 4.74 Å². The van der Waals surface area contributed by atoms with Crippen LogP contribution in [0.4, 0.5) is 13.2 Å². The lowest BCUT2D eigenvalue weighted by Crippen LogP contribution is -2.29. The van der Waals surface area contributed by atoms with Gasteiger partial charge in [0.15, 0.2) is 6.10 Å². The molecule has 1 aromatic heterocycles. The summed E-state index contributed by atoms with van der Waals surface area (Å²) in [7, 11) is 0.984. The van der Waals surface area contributed by atoms with Crippen molar-refractivity contribution < 1.29 is 27.8 Å². The fourth-order valence-corrected chi connectivity index (χ4v) is 1.06. The summed E-state index contributed by atoms with van der Waals surface area (Å²) < 4.78 is 41.9. The van der Waals surface area contributed by atoms with E-state index in [1.54, 1.807) is 0 Å². The van der Waals surface area contributed by atoms with Crippen LogP contribution in [-0.4, -0.2) is 18.5 Å². The summed E-state index contributed by atoms with van der Waals surface area (Å²) in [6.07, 6.45) is -4.19. The van der Waals surface area contributed by atoms with Gasteiger partial charge in [0.1, 0.15) is 0 Å². The van der Waals surface area contributed by atoms with Crippen molar-refractivity contribution in [2.75, 3.05) is 7.11 Å². The van der Waals surface area contributed by atoms with Crippen LogP contribution < -0.4 is 4.73 Å². The van der Waals surface area contributed by atoms with Crippen LogP contribution in [0.5, 0.6) is 0 Å². The third-order valence-electron chi connectivity index (χ3n) is 1.68. The highest BCUT2D eigenvalue weighted by Gasteiger charge is 2.41. The fraction of sp³-hybridized carbons (Fsp3) is 0.375. The maximum atomic E-state index is 12.3. The first-order valence-electron chi connectivity index (χ1n) is 3.75.